The Bertz CT molecular complexity index is 1450. The largest absolute Gasteiger partial charge is 0.495 e. The molecule has 1 amide bonds. The summed E-state index contributed by atoms with van der Waals surface area (Å²) < 4.78 is 7.31. The van der Waals surface area contributed by atoms with Crippen molar-refractivity contribution in [3.05, 3.63) is 94.3 Å². The van der Waals surface area contributed by atoms with Gasteiger partial charge in [0.05, 0.1) is 23.7 Å². The molecule has 1 aromatic heterocycles. The molecule has 1 N–H and O–H groups in total. The van der Waals surface area contributed by atoms with Gasteiger partial charge in [0.2, 0.25) is 5.91 Å². The van der Waals surface area contributed by atoms with E-state index in [0.717, 1.165) is 36.8 Å². The lowest BCUT2D eigenvalue weighted by Crippen LogP contribution is -2.28. The van der Waals surface area contributed by atoms with E-state index >= 15 is 0 Å². The second kappa shape index (κ2) is 10.6. The molecule has 0 aliphatic heterocycles. The smallest absolute Gasteiger partial charge is 0.262 e. The van der Waals surface area contributed by atoms with E-state index in [2.05, 4.69) is 5.32 Å². The van der Waals surface area contributed by atoms with Gasteiger partial charge in [-0.2, -0.15) is 0 Å². The lowest BCUT2D eigenvalue weighted by Gasteiger charge is -2.22. The minimum absolute atomic E-state index is 0.0393. The van der Waals surface area contributed by atoms with Crippen molar-refractivity contribution in [2.75, 3.05) is 12.4 Å². The first kappa shape index (κ1) is 24.1. The first-order valence-corrected chi connectivity index (χ1v) is 13.1. The third-order valence-corrected chi connectivity index (χ3v) is 7.86. The van der Waals surface area contributed by atoms with Gasteiger partial charge < -0.3 is 10.1 Å². The predicted octanol–water partition coefficient (Wildman–Crippen LogP) is 6.30. The highest BCUT2D eigenvalue weighted by Gasteiger charge is 2.29. The van der Waals surface area contributed by atoms with E-state index in [1.807, 2.05) is 84.3 Å². The third kappa shape index (κ3) is 4.88. The maximum absolute atomic E-state index is 13.8. The molecule has 1 fully saturated rings. The number of nitrogens with one attached hydrogen (secondary N) is 1. The SMILES string of the molecule is COc1ccc(C)cc1NC(=O)C(Sc1nc2ccccc2c(=O)n1C1CCCC1)c1ccccc1. The molecule has 0 radical (unpaired) electrons. The molecule has 0 spiro atoms. The van der Waals surface area contributed by atoms with Crippen molar-refractivity contribution in [1.29, 1.82) is 0 Å². The maximum Gasteiger partial charge on any atom is 0.262 e. The van der Waals surface area contributed by atoms with Crippen molar-refractivity contribution in [3.8, 4) is 5.75 Å². The predicted molar refractivity (Wildman–Crippen MR) is 145 cm³/mol. The Kier molecular flexibility index (Phi) is 7.09. The van der Waals surface area contributed by atoms with Crippen LogP contribution < -0.4 is 15.6 Å². The monoisotopic (exact) mass is 499 g/mol. The van der Waals surface area contributed by atoms with Crippen LogP contribution in [-0.4, -0.2) is 22.6 Å². The van der Waals surface area contributed by atoms with Gasteiger partial charge in [0.15, 0.2) is 5.16 Å². The summed E-state index contributed by atoms with van der Waals surface area (Å²) in [5.74, 6) is 0.396. The second-order valence-electron chi connectivity index (χ2n) is 9.13. The van der Waals surface area contributed by atoms with Gasteiger partial charge in [0.25, 0.3) is 5.56 Å². The van der Waals surface area contributed by atoms with Crippen molar-refractivity contribution in [3.63, 3.8) is 0 Å². The summed E-state index contributed by atoms with van der Waals surface area (Å²) in [5, 5.41) is 3.63. The molecule has 6 nitrogen and oxygen atoms in total. The van der Waals surface area contributed by atoms with Crippen LogP contribution in [0.2, 0.25) is 0 Å². The zero-order valence-electron chi connectivity index (χ0n) is 20.4. The summed E-state index contributed by atoms with van der Waals surface area (Å²) in [5.41, 5.74) is 3.08. The number of aryl methyl sites for hydroxylation is 1. The second-order valence-corrected chi connectivity index (χ2v) is 10.2. The van der Waals surface area contributed by atoms with E-state index in [1.165, 1.54) is 11.8 Å². The Morgan fingerprint density at radius 3 is 2.53 bits per heavy atom. The molecule has 1 atom stereocenters. The summed E-state index contributed by atoms with van der Waals surface area (Å²) in [6, 6.07) is 22.8. The zero-order chi connectivity index (χ0) is 25.1. The van der Waals surface area contributed by atoms with Gasteiger partial charge in [0, 0.05) is 6.04 Å². The van der Waals surface area contributed by atoms with Gasteiger partial charge in [-0.15, -0.1) is 0 Å². The van der Waals surface area contributed by atoms with E-state index in [-0.39, 0.29) is 17.5 Å². The van der Waals surface area contributed by atoms with Crippen molar-refractivity contribution in [2.24, 2.45) is 0 Å². The number of ether oxygens (including phenoxy) is 1. The van der Waals surface area contributed by atoms with Crippen LogP contribution in [0.4, 0.5) is 5.69 Å². The minimum Gasteiger partial charge on any atom is -0.495 e. The Morgan fingerprint density at radius 1 is 1.06 bits per heavy atom. The van der Waals surface area contributed by atoms with E-state index in [4.69, 9.17) is 9.72 Å². The molecule has 36 heavy (non-hydrogen) atoms. The number of methoxy groups -OCH3 is 1. The number of aromatic nitrogens is 2. The average molecular weight is 500 g/mol. The summed E-state index contributed by atoms with van der Waals surface area (Å²) in [6.45, 7) is 1.97. The van der Waals surface area contributed by atoms with Gasteiger partial charge >= 0.3 is 0 Å². The van der Waals surface area contributed by atoms with Crippen LogP contribution in [0.15, 0.2) is 82.7 Å². The fraction of sp³-hybridized carbons (Fsp3) is 0.276. The fourth-order valence-electron chi connectivity index (χ4n) is 4.82. The summed E-state index contributed by atoms with van der Waals surface area (Å²) in [4.78, 5) is 32.3. The van der Waals surface area contributed by atoms with Crippen LogP contribution in [0.5, 0.6) is 5.75 Å². The molecular weight excluding hydrogens is 470 g/mol. The highest BCUT2D eigenvalue weighted by molar-refractivity contribution is 8.00. The van der Waals surface area contributed by atoms with Crippen LogP contribution in [0.1, 0.15) is 48.1 Å². The lowest BCUT2D eigenvalue weighted by atomic mass is 10.1. The normalized spacial score (nSPS) is 14.6. The number of carbonyl (C=O) groups is 1. The third-order valence-electron chi connectivity index (χ3n) is 6.64. The number of nitrogens with zero attached hydrogens (tertiary/aromatic N) is 2. The van der Waals surface area contributed by atoms with Gasteiger partial charge in [0.1, 0.15) is 11.0 Å². The molecule has 1 unspecified atom stereocenters. The van der Waals surface area contributed by atoms with Crippen LogP contribution in [0.3, 0.4) is 0 Å². The quantitative estimate of drug-likeness (QED) is 0.239. The van der Waals surface area contributed by atoms with Crippen molar-refractivity contribution in [2.45, 2.75) is 49.1 Å². The molecule has 1 saturated carbocycles. The molecule has 1 aliphatic rings. The number of hydrogen-bond acceptors (Lipinski definition) is 5. The first-order chi connectivity index (χ1) is 17.5. The van der Waals surface area contributed by atoms with Crippen LogP contribution in [0.25, 0.3) is 10.9 Å². The standard InChI is InChI=1S/C29H29N3O3S/c1-19-16-17-25(35-2)24(18-19)30-27(33)26(20-10-4-3-5-11-20)36-29-31-23-15-9-8-14-22(23)28(34)32(29)21-12-6-7-13-21/h3-5,8-11,14-18,21,26H,6-7,12-13H2,1-2H3,(H,30,33). The van der Waals surface area contributed by atoms with Crippen LogP contribution in [-0.2, 0) is 4.79 Å². The van der Waals surface area contributed by atoms with Crippen LogP contribution in [0, 0.1) is 6.92 Å². The highest BCUT2D eigenvalue weighted by atomic mass is 32.2. The number of anilines is 1. The molecule has 184 valence electrons. The molecule has 0 saturated heterocycles. The zero-order valence-corrected chi connectivity index (χ0v) is 21.3. The molecule has 3 aromatic carbocycles. The number of benzene rings is 3. The number of amides is 1. The maximum atomic E-state index is 13.8. The Balaban J connectivity index is 1.58. The van der Waals surface area contributed by atoms with E-state index in [1.54, 1.807) is 7.11 Å². The number of para-hydroxylation sites is 1. The van der Waals surface area contributed by atoms with Crippen LogP contribution >= 0.6 is 11.8 Å². The van der Waals surface area contributed by atoms with E-state index in [9.17, 15) is 9.59 Å². The van der Waals surface area contributed by atoms with Crippen molar-refractivity contribution < 1.29 is 9.53 Å². The summed E-state index contributed by atoms with van der Waals surface area (Å²) in [7, 11) is 1.59. The molecule has 1 aliphatic carbocycles. The van der Waals surface area contributed by atoms with Gasteiger partial charge in [-0.25, -0.2) is 4.98 Å². The van der Waals surface area contributed by atoms with E-state index < -0.39 is 5.25 Å². The number of fused-ring (bicyclic) bond motifs is 1. The van der Waals surface area contributed by atoms with Gasteiger partial charge in [-0.3, -0.25) is 14.2 Å². The molecule has 0 bridgehead atoms. The molecule has 7 heteroatoms. The Hall–Kier alpha value is -3.58. The first-order valence-electron chi connectivity index (χ1n) is 12.2. The number of hydrogen-bond donors (Lipinski definition) is 1. The number of thioether (sulfide) groups is 1. The number of rotatable bonds is 7. The van der Waals surface area contributed by atoms with E-state index in [0.29, 0.717) is 27.5 Å². The Morgan fingerprint density at radius 2 is 1.78 bits per heavy atom. The van der Waals surface area contributed by atoms with Gasteiger partial charge in [-0.1, -0.05) is 73.1 Å². The minimum atomic E-state index is -0.614. The highest BCUT2D eigenvalue weighted by Crippen LogP contribution is 2.39. The fourth-order valence-corrected chi connectivity index (χ4v) is 5.98. The average Bonchev–Trinajstić information content (AvgIpc) is 3.42. The van der Waals surface area contributed by atoms with Gasteiger partial charge in [-0.05, 0) is 55.2 Å². The molecule has 1 heterocycles. The lowest BCUT2D eigenvalue weighted by molar-refractivity contribution is -0.115. The number of carbonyl (C=O) groups excluding carboxylic acids is 1. The van der Waals surface area contributed by atoms with Crippen molar-refractivity contribution in [1.82, 2.24) is 9.55 Å². The molecular formula is C29H29N3O3S. The summed E-state index contributed by atoms with van der Waals surface area (Å²) >= 11 is 1.33. The summed E-state index contributed by atoms with van der Waals surface area (Å²) in [6.07, 6.45) is 4.06. The topological polar surface area (TPSA) is 73.2 Å². The Labute approximate surface area is 214 Å². The van der Waals surface area contributed by atoms with Crippen molar-refractivity contribution >= 4 is 34.3 Å². The molecule has 4 aromatic rings. The molecule has 5 rings (SSSR count).